The maximum Gasteiger partial charge on any atom is 0.416 e. The number of alkyl halides is 12. The van der Waals surface area contributed by atoms with Crippen LogP contribution in [0.2, 0.25) is 0 Å². The number of hydrogen-bond donors (Lipinski definition) is 2. The number of nitrogens with zero attached hydrogens (tertiary/aromatic N) is 2. The van der Waals surface area contributed by atoms with Crippen LogP contribution >= 0.6 is 15.9 Å². The van der Waals surface area contributed by atoms with E-state index in [9.17, 15) is 52.7 Å². The van der Waals surface area contributed by atoms with Gasteiger partial charge >= 0.3 is 24.7 Å². The maximum absolute atomic E-state index is 13.8. The Kier molecular flexibility index (Phi) is 10.5. The zero-order valence-electron chi connectivity index (χ0n) is 32.6. The second-order valence-corrected chi connectivity index (χ2v) is 15.8. The Morgan fingerprint density at radius 1 is 0.338 bits per heavy atom. The lowest BCUT2D eigenvalue weighted by molar-refractivity contribution is -0.138. The van der Waals surface area contributed by atoms with Gasteiger partial charge in [0.2, 0.25) is 0 Å². The van der Waals surface area contributed by atoms with Gasteiger partial charge in [0.1, 0.15) is 0 Å². The fraction of sp³-hybridized carbons (Fsp3) is 0.0833. The lowest BCUT2D eigenvalue weighted by atomic mass is 10.0. The van der Waals surface area contributed by atoms with Crippen LogP contribution in [0.15, 0.2) is 120 Å². The summed E-state index contributed by atoms with van der Waals surface area (Å²) in [5, 5.41) is 0. The summed E-state index contributed by atoms with van der Waals surface area (Å²) >= 11 is 3.58. The average molecular weight is 966 g/mol. The second kappa shape index (κ2) is 15.7. The molecule has 5 heterocycles. The molecule has 0 spiro atoms. The van der Waals surface area contributed by atoms with Crippen LogP contribution < -0.4 is 0 Å². The molecule has 0 unspecified atom stereocenters. The highest BCUT2D eigenvalue weighted by molar-refractivity contribution is 9.10. The topological polar surface area (TPSA) is 57.4 Å². The average Bonchev–Trinajstić information content (AvgIpc) is 4.08. The smallest absolute Gasteiger partial charge is 0.354 e. The summed E-state index contributed by atoms with van der Waals surface area (Å²) in [6.07, 6.45) is -12.4. The van der Waals surface area contributed by atoms with Gasteiger partial charge in [0.15, 0.2) is 0 Å². The van der Waals surface area contributed by atoms with E-state index in [1.165, 1.54) is 48.5 Å². The molecule has 2 aliphatic heterocycles. The van der Waals surface area contributed by atoms with Crippen LogP contribution in [-0.4, -0.2) is 19.9 Å². The summed E-state index contributed by atoms with van der Waals surface area (Å²) < 4.78 is 166. The lowest BCUT2D eigenvalue weighted by Crippen LogP contribution is -2.04. The predicted octanol–water partition coefficient (Wildman–Crippen LogP) is 16.2. The van der Waals surface area contributed by atoms with E-state index in [0.717, 1.165) is 48.5 Å². The Morgan fingerprint density at radius 2 is 0.615 bits per heavy atom. The molecule has 0 atom stereocenters. The van der Waals surface area contributed by atoms with Crippen molar-refractivity contribution >= 4 is 62.3 Å². The van der Waals surface area contributed by atoms with Crippen molar-refractivity contribution in [3.63, 3.8) is 0 Å². The molecule has 0 aliphatic carbocycles. The Labute approximate surface area is 367 Å². The maximum atomic E-state index is 13.8. The molecule has 8 bridgehead atoms. The molecule has 2 aliphatic rings. The van der Waals surface area contributed by atoms with Gasteiger partial charge in [-0.25, -0.2) is 9.97 Å². The standard InChI is InChI=1S/C48H25BrF12N4/c49-32-23-39-42(26-5-13-30(14-6-26)47(56,57)58)37-20-19-35(63-37)40(24-1-9-28(10-2-24)45(50,51)52)33-17-18-34(62-33)41(25-3-11-29(12-4-25)46(53,54)55)36-21-22-38(64-36)43(44(32)65-39)27-7-15-31(16-8-27)48(59,60)61/h1-23,62,65H. The monoisotopic (exact) mass is 964 g/mol. The van der Waals surface area contributed by atoms with Crippen LogP contribution in [0.4, 0.5) is 52.7 Å². The van der Waals surface area contributed by atoms with Crippen LogP contribution in [0.1, 0.15) is 45.0 Å². The number of benzene rings is 4. The van der Waals surface area contributed by atoms with Gasteiger partial charge in [-0.05, 0) is 129 Å². The molecule has 0 amide bonds. The molecule has 17 heteroatoms. The van der Waals surface area contributed by atoms with E-state index >= 15 is 0 Å². The van der Waals surface area contributed by atoms with Crippen molar-refractivity contribution in [2.24, 2.45) is 0 Å². The highest BCUT2D eigenvalue weighted by Gasteiger charge is 2.33. The Bertz CT molecular complexity index is 3220. The van der Waals surface area contributed by atoms with E-state index in [-0.39, 0.29) is 67.2 Å². The number of rotatable bonds is 4. The molecule has 2 N–H and O–H groups in total. The summed E-state index contributed by atoms with van der Waals surface area (Å²) in [5.74, 6) is 0. The van der Waals surface area contributed by atoms with Crippen LogP contribution in [0.5, 0.6) is 0 Å². The van der Waals surface area contributed by atoms with Gasteiger partial charge in [0.05, 0.1) is 50.5 Å². The van der Waals surface area contributed by atoms with Crippen LogP contribution in [0, 0.1) is 0 Å². The first kappa shape index (κ1) is 43.4. The largest absolute Gasteiger partial charge is 0.416 e. The zero-order chi connectivity index (χ0) is 46.2. The molecule has 9 rings (SSSR count). The highest BCUT2D eigenvalue weighted by Crippen LogP contribution is 2.43. The third kappa shape index (κ3) is 8.36. The van der Waals surface area contributed by atoms with Crippen LogP contribution in [-0.2, 0) is 24.7 Å². The van der Waals surface area contributed by atoms with Crippen molar-refractivity contribution < 1.29 is 52.7 Å². The first-order valence-corrected chi connectivity index (χ1v) is 20.0. The number of aromatic amines is 2. The molecular weight excluding hydrogens is 940 g/mol. The minimum absolute atomic E-state index is 0.207. The van der Waals surface area contributed by atoms with Crippen molar-refractivity contribution in [1.82, 2.24) is 19.9 Å². The summed E-state index contributed by atoms with van der Waals surface area (Å²) in [7, 11) is 0. The Morgan fingerprint density at radius 3 is 0.923 bits per heavy atom. The van der Waals surface area contributed by atoms with E-state index in [4.69, 9.17) is 9.97 Å². The van der Waals surface area contributed by atoms with E-state index in [1.54, 1.807) is 42.5 Å². The fourth-order valence-corrected chi connectivity index (χ4v) is 8.29. The third-order valence-electron chi connectivity index (χ3n) is 10.8. The summed E-state index contributed by atoms with van der Waals surface area (Å²) in [6.45, 7) is 0. The quantitative estimate of drug-likeness (QED) is 0.173. The predicted molar refractivity (Wildman–Crippen MR) is 228 cm³/mol. The van der Waals surface area contributed by atoms with Crippen molar-refractivity contribution in [3.05, 3.63) is 165 Å². The van der Waals surface area contributed by atoms with Crippen molar-refractivity contribution in [1.29, 1.82) is 0 Å². The number of halogens is 13. The molecule has 3 aromatic heterocycles. The number of hydrogen-bond acceptors (Lipinski definition) is 2. The summed E-state index contributed by atoms with van der Waals surface area (Å²) in [4.78, 5) is 16.4. The second-order valence-electron chi connectivity index (χ2n) is 14.9. The summed E-state index contributed by atoms with van der Waals surface area (Å²) in [6, 6.07) is 22.0. The van der Waals surface area contributed by atoms with Crippen LogP contribution in [0.25, 0.3) is 90.9 Å². The van der Waals surface area contributed by atoms with Crippen molar-refractivity contribution in [3.8, 4) is 44.5 Å². The van der Waals surface area contributed by atoms with Gasteiger partial charge < -0.3 is 9.97 Å². The van der Waals surface area contributed by atoms with E-state index in [1.807, 2.05) is 0 Å². The van der Waals surface area contributed by atoms with Crippen molar-refractivity contribution in [2.45, 2.75) is 24.7 Å². The lowest BCUT2D eigenvalue weighted by Gasteiger charge is -2.10. The van der Waals surface area contributed by atoms with Crippen LogP contribution in [0.3, 0.4) is 0 Å². The fourth-order valence-electron chi connectivity index (χ4n) is 7.76. The van der Waals surface area contributed by atoms with E-state index in [0.29, 0.717) is 26.6 Å². The molecule has 0 fully saturated rings. The minimum atomic E-state index is -4.67. The number of H-pyrrole nitrogens is 2. The van der Waals surface area contributed by atoms with E-state index < -0.39 is 47.0 Å². The number of nitrogens with one attached hydrogen (secondary N) is 2. The van der Waals surface area contributed by atoms with Gasteiger partial charge in [-0.2, -0.15) is 52.7 Å². The Balaban J connectivity index is 1.44. The van der Waals surface area contributed by atoms with Crippen molar-refractivity contribution in [2.75, 3.05) is 0 Å². The normalized spacial score (nSPS) is 13.2. The molecule has 0 radical (unpaired) electrons. The molecule has 4 nitrogen and oxygen atoms in total. The SMILES string of the molecule is FC(F)(F)c1ccc(-c2c3nc(c(-c4ccc(C(F)(F)F)cc4)c4cc(Br)c([nH]4)c(-c4ccc(C(F)(F)F)cc4)c4nc(c(-c5ccc(C(F)(F)F)cc5)c5ccc2[nH]5)C=C4)C=C3)cc1. The third-order valence-corrected chi connectivity index (χ3v) is 11.4. The molecular formula is C48H25BrF12N4. The van der Waals surface area contributed by atoms with E-state index in [2.05, 4.69) is 25.9 Å². The molecule has 0 saturated heterocycles. The van der Waals surface area contributed by atoms with Gasteiger partial charge in [0, 0.05) is 43.3 Å². The van der Waals surface area contributed by atoms with Gasteiger partial charge in [-0.3, -0.25) is 0 Å². The Hall–Kier alpha value is -6.88. The minimum Gasteiger partial charge on any atom is -0.354 e. The first-order chi connectivity index (χ1) is 30.6. The first-order valence-electron chi connectivity index (χ1n) is 19.2. The van der Waals surface area contributed by atoms with Gasteiger partial charge in [-0.1, -0.05) is 48.5 Å². The number of fused-ring (bicyclic) bond motifs is 8. The number of aromatic nitrogens is 4. The zero-order valence-corrected chi connectivity index (χ0v) is 34.2. The molecule has 7 aromatic rings. The molecule has 65 heavy (non-hydrogen) atoms. The summed E-state index contributed by atoms with van der Waals surface area (Å²) in [5.41, 5.74) is 0.564. The molecule has 328 valence electrons. The highest BCUT2D eigenvalue weighted by atomic mass is 79.9. The molecule has 0 saturated carbocycles. The molecule has 4 aromatic carbocycles. The van der Waals surface area contributed by atoms with Gasteiger partial charge in [-0.15, -0.1) is 0 Å². The van der Waals surface area contributed by atoms with Gasteiger partial charge in [0.25, 0.3) is 0 Å².